The van der Waals surface area contributed by atoms with Crippen molar-refractivity contribution in [3.8, 4) is 0 Å². The van der Waals surface area contributed by atoms with E-state index >= 15 is 0 Å². The van der Waals surface area contributed by atoms with E-state index in [0.717, 1.165) is 38.5 Å². The molecule has 5 N–H and O–H groups in total. The molecule has 0 radical (unpaired) electrons. The Labute approximate surface area is 146 Å². The molecule has 1 heterocycles. The first-order valence-corrected chi connectivity index (χ1v) is 8.44. The van der Waals surface area contributed by atoms with Crippen LogP contribution in [0.3, 0.4) is 0 Å². The van der Waals surface area contributed by atoms with E-state index in [1.54, 1.807) is 0 Å². The van der Waals surface area contributed by atoms with Crippen LogP contribution in [0.5, 0.6) is 0 Å². The summed E-state index contributed by atoms with van der Waals surface area (Å²) in [5.74, 6) is -1.13. The first kappa shape index (κ1) is 17.2. The number of hydrogen-bond donors (Lipinski definition) is 3. The molecule has 1 fully saturated rings. The highest BCUT2D eigenvalue weighted by Crippen LogP contribution is 2.24. The summed E-state index contributed by atoms with van der Waals surface area (Å²) in [6.07, 6.45) is 1.98. The number of anilines is 2. The molecule has 132 valence electrons. The lowest BCUT2D eigenvalue weighted by atomic mass is 10.0. The van der Waals surface area contributed by atoms with E-state index in [-0.39, 0.29) is 23.0 Å². The smallest absolute Gasteiger partial charge is 0.250 e. The van der Waals surface area contributed by atoms with Crippen molar-refractivity contribution < 1.29 is 9.18 Å². The van der Waals surface area contributed by atoms with Crippen LogP contribution in [0.2, 0.25) is 0 Å². The number of halogens is 1. The number of nitrogens with zero attached hydrogens (tertiary/aromatic N) is 1. The number of rotatable bonds is 5. The number of hydrogen-bond acceptors (Lipinski definition) is 4. The molecule has 0 saturated carbocycles. The zero-order valence-corrected chi connectivity index (χ0v) is 14.0. The standard InChI is InChI=1S/C19H23FN4O/c20-16-10-17(21)15(19(22)25)9-18(16)23-14-7-4-8-24(12-14)11-13-5-2-1-3-6-13/h1-3,5-6,9-10,14,23H,4,7-8,11-12,21H2,(H2,22,25). The molecule has 0 spiro atoms. The van der Waals surface area contributed by atoms with Crippen LogP contribution in [0.4, 0.5) is 15.8 Å². The van der Waals surface area contributed by atoms with Crippen molar-refractivity contribution in [2.24, 2.45) is 5.73 Å². The zero-order valence-electron chi connectivity index (χ0n) is 14.0. The lowest BCUT2D eigenvalue weighted by Crippen LogP contribution is -2.41. The third-order valence-corrected chi connectivity index (χ3v) is 4.52. The van der Waals surface area contributed by atoms with Crippen LogP contribution in [0.15, 0.2) is 42.5 Å². The third kappa shape index (κ3) is 4.28. The fourth-order valence-corrected chi connectivity index (χ4v) is 3.29. The van der Waals surface area contributed by atoms with Gasteiger partial charge in [-0.25, -0.2) is 4.39 Å². The fourth-order valence-electron chi connectivity index (χ4n) is 3.29. The highest BCUT2D eigenvalue weighted by Gasteiger charge is 2.21. The average Bonchev–Trinajstić information content (AvgIpc) is 2.58. The number of benzene rings is 2. The number of nitrogen functional groups attached to an aromatic ring is 1. The lowest BCUT2D eigenvalue weighted by molar-refractivity contribution is 0.100. The third-order valence-electron chi connectivity index (χ3n) is 4.52. The minimum absolute atomic E-state index is 0.0601. The monoisotopic (exact) mass is 342 g/mol. The number of nitrogens with one attached hydrogen (secondary N) is 1. The van der Waals surface area contributed by atoms with Crippen molar-refractivity contribution >= 4 is 17.3 Å². The maximum atomic E-state index is 14.2. The molecule has 5 nitrogen and oxygen atoms in total. The highest BCUT2D eigenvalue weighted by atomic mass is 19.1. The first-order valence-electron chi connectivity index (χ1n) is 8.44. The van der Waals surface area contributed by atoms with Gasteiger partial charge in [0.2, 0.25) is 0 Å². The molecule has 1 aliphatic rings. The van der Waals surface area contributed by atoms with Gasteiger partial charge in [0.25, 0.3) is 5.91 Å². The molecule has 6 heteroatoms. The molecular weight excluding hydrogens is 319 g/mol. The molecule has 1 unspecified atom stereocenters. The lowest BCUT2D eigenvalue weighted by Gasteiger charge is -2.33. The molecule has 2 aromatic carbocycles. The second kappa shape index (κ2) is 7.53. The van der Waals surface area contributed by atoms with Crippen molar-refractivity contribution in [1.82, 2.24) is 4.90 Å². The van der Waals surface area contributed by atoms with Gasteiger partial charge in [0, 0.05) is 24.8 Å². The van der Waals surface area contributed by atoms with E-state index in [1.807, 2.05) is 18.2 Å². The van der Waals surface area contributed by atoms with Crippen molar-refractivity contribution in [3.05, 3.63) is 59.4 Å². The minimum atomic E-state index is -0.658. The molecular formula is C19H23FN4O. The van der Waals surface area contributed by atoms with Crippen LogP contribution in [-0.2, 0) is 6.54 Å². The van der Waals surface area contributed by atoms with E-state index in [9.17, 15) is 9.18 Å². The molecule has 2 aromatic rings. The summed E-state index contributed by atoms with van der Waals surface area (Å²) >= 11 is 0. The van der Waals surface area contributed by atoms with E-state index < -0.39 is 11.7 Å². The van der Waals surface area contributed by atoms with Gasteiger partial charge >= 0.3 is 0 Å². The zero-order chi connectivity index (χ0) is 17.8. The Hall–Kier alpha value is -2.60. The fraction of sp³-hybridized carbons (Fsp3) is 0.316. The minimum Gasteiger partial charge on any atom is -0.398 e. The van der Waals surface area contributed by atoms with Gasteiger partial charge in [0.15, 0.2) is 0 Å². The van der Waals surface area contributed by atoms with Gasteiger partial charge in [-0.3, -0.25) is 9.69 Å². The Kier molecular flexibility index (Phi) is 5.19. The Bertz CT molecular complexity index is 751. The van der Waals surface area contributed by atoms with E-state index in [0.29, 0.717) is 0 Å². The van der Waals surface area contributed by atoms with Gasteiger partial charge < -0.3 is 16.8 Å². The molecule has 0 aromatic heterocycles. The molecule has 1 atom stereocenters. The number of nitrogens with two attached hydrogens (primary N) is 2. The molecule has 0 aliphatic carbocycles. The summed E-state index contributed by atoms with van der Waals surface area (Å²) in [6.45, 7) is 2.70. The van der Waals surface area contributed by atoms with Gasteiger partial charge in [-0.05, 0) is 37.1 Å². The Balaban J connectivity index is 1.68. The van der Waals surface area contributed by atoms with Crippen LogP contribution < -0.4 is 16.8 Å². The van der Waals surface area contributed by atoms with Gasteiger partial charge in [-0.15, -0.1) is 0 Å². The van der Waals surface area contributed by atoms with Crippen LogP contribution >= 0.6 is 0 Å². The predicted octanol–water partition coefficient (Wildman–Crippen LogP) is 2.58. The van der Waals surface area contributed by atoms with Crippen molar-refractivity contribution in [2.75, 3.05) is 24.1 Å². The maximum Gasteiger partial charge on any atom is 0.250 e. The number of likely N-dealkylation sites (tertiary alicyclic amines) is 1. The molecule has 1 saturated heterocycles. The van der Waals surface area contributed by atoms with Gasteiger partial charge in [-0.2, -0.15) is 0 Å². The second-order valence-electron chi connectivity index (χ2n) is 6.49. The van der Waals surface area contributed by atoms with Gasteiger partial charge in [0.1, 0.15) is 5.82 Å². The van der Waals surface area contributed by atoms with Crippen LogP contribution in [0.1, 0.15) is 28.8 Å². The quantitative estimate of drug-likeness (QED) is 0.729. The van der Waals surface area contributed by atoms with Crippen molar-refractivity contribution in [1.29, 1.82) is 0 Å². The number of carbonyl (C=O) groups excluding carboxylic acids is 1. The SMILES string of the molecule is NC(=O)c1cc(NC2CCCN(Cc3ccccc3)C2)c(F)cc1N. The van der Waals surface area contributed by atoms with E-state index in [2.05, 4.69) is 22.3 Å². The summed E-state index contributed by atoms with van der Waals surface area (Å²) in [5.41, 5.74) is 12.7. The molecule has 1 aliphatic heterocycles. The molecule has 25 heavy (non-hydrogen) atoms. The van der Waals surface area contributed by atoms with Gasteiger partial charge in [-0.1, -0.05) is 30.3 Å². The molecule has 3 rings (SSSR count). The number of piperidine rings is 1. The second-order valence-corrected chi connectivity index (χ2v) is 6.49. The van der Waals surface area contributed by atoms with E-state index in [4.69, 9.17) is 11.5 Å². The highest BCUT2D eigenvalue weighted by molar-refractivity contribution is 5.99. The Morgan fingerprint density at radius 2 is 2.04 bits per heavy atom. The van der Waals surface area contributed by atoms with Crippen molar-refractivity contribution in [3.63, 3.8) is 0 Å². The largest absolute Gasteiger partial charge is 0.398 e. The topological polar surface area (TPSA) is 84.4 Å². The summed E-state index contributed by atoms with van der Waals surface area (Å²) in [7, 11) is 0. The summed E-state index contributed by atoms with van der Waals surface area (Å²) in [4.78, 5) is 13.8. The number of amides is 1. The molecule has 0 bridgehead atoms. The number of primary amides is 1. The van der Waals surface area contributed by atoms with Gasteiger partial charge in [0.05, 0.1) is 11.3 Å². The Morgan fingerprint density at radius 3 is 2.76 bits per heavy atom. The summed E-state index contributed by atoms with van der Waals surface area (Å²) in [5, 5.41) is 3.21. The normalized spacial score (nSPS) is 18.0. The van der Waals surface area contributed by atoms with Crippen LogP contribution in [-0.4, -0.2) is 29.9 Å². The van der Waals surface area contributed by atoms with Crippen LogP contribution in [0, 0.1) is 5.82 Å². The maximum absolute atomic E-state index is 14.2. The summed E-state index contributed by atoms with van der Waals surface area (Å²) in [6, 6.07) is 12.9. The predicted molar refractivity (Wildman–Crippen MR) is 97.7 cm³/mol. The Morgan fingerprint density at radius 1 is 1.28 bits per heavy atom. The molecule has 1 amide bonds. The van der Waals surface area contributed by atoms with E-state index in [1.165, 1.54) is 11.6 Å². The van der Waals surface area contributed by atoms with Crippen LogP contribution in [0.25, 0.3) is 0 Å². The summed E-state index contributed by atoms with van der Waals surface area (Å²) < 4.78 is 14.2. The number of carbonyl (C=O) groups is 1. The van der Waals surface area contributed by atoms with Crippen molar-refractivity contribution in [2.45, 2.75) is 25.4 Å². The first-order chi connectivity index (χ1) is 12.0. The average molecular weight is 342 g/mol.